The van der Waals surface area contributed by atoms with Crippen molar-refractivity contribution in [2.75, 3.05) is 19.6 Å². The quantitative estimate of drug-likeness (QED) is 0.737. The molecule has 15 heavy (non-hydrogen) atoms. The second kappa shape index (κ2) is 4.57. The zero-order valence-corrected chi connectivity index (χ0v) is 9.15. The Morgan fingerprint density at radius 1 is 1.47 bits per heavy atom. The van der Waals surface area contributed by atoms with Crippen molar-refractivity contribution in [3.63, 3.8) is 0 Å². The third kappa shape index (κ3) is 2.65. The third-order valence-electron chi connectivity index (χ3n) is 2.91. The van der Waals surface area contributed by atoms with Gasteiger partial charge in [0.05, 0.1) is 6.54 Å². The zero-order chi connectivity index (χ0) is 10.7. The smallest absolute Gasteiger partial charge is 0.146 e. The Labute approximate surface area is 89.9 Å². The second-order valence-corrected chi connectivity index (χ2v) is 4.09. The van der Waals surface area contributed by atoms with Crippen LogP contribution in [-0.4, -0.2) is 39.9 Å². The molecule has 0 aliphatic carbocycles. The molecule has 0 saturated carbocycles. The third-order valence-corrected chi connectivity index (χ3v) is 2.91. The summed E-state index contributed by atoms with van der Waals surface area (Å²) in [4.78, 5) is 17.6. The number of carbonyl (C=O) groups excluding carboxylic acids is 1. The minimum atomic E-state index is 0.378. The number of Topliss-reactive ketones (excluding diaryl/α,β-unsaturated/α-hetero) is 1. The van der Waals surface area contributed by atoms with Gasteiger partial charge in [-0.25, -0.2) is 4.98 Å². The van der Waals surface area contributed by atoms with Crippen LogP contribution in [0.15, 0.2) is 12.4 Å². The monoisotopic (exact) mass is 207 g/mol. The maximum atomic E-state index is 11.2. The minimum Gasteiger partial charge on any atom is -0.334 e. The Balaban J connectivity index is 1.83. The van der Waals surface area contributed by atoms with Gasteiger partial charge in [0, 0.05) is 31.9 Å². The van der Waals surface area contributed by atoms with Crippen molar-refractivity contribution >= 4 is 5.78 Å². The van der Waals surface area contributed by atoms with Crippen molar-refractivity contribution in [3.05, 3.63) is 18.2 Å². The summed E-state index contributed by atoms with van der Waals surface area (Å²) < 4.78 is 2.12. The summed E-state index contributed by atoms with van der Waals surface area (Å²) in [6, 6.07) is 0. The van der Waals surface area contributed by atoms with Crippen LogP contribution in [0.1, 0.15) is 18.7 Å². The van der Waals surface area contributed by atoms with Crippen molar-refractivity contribution < 1.29 is 4.79 Å². The van der Waals surface area contributed by atoms with Crippen molar-refractivity contribution in [1.29, 1.82) is 0 Å². The van der Waals surface area contributed by atoms with E-state index < -0.39 is 0 Å². The molecule has 1 aromatic rings. The molecule has 0 atom stereocenters. The minimum absolute atomic E-state index is 0.378. The van der Waals surface area contributed by atoms with Crippen LogP contribution >= 0.6 is 0 Å². The number of imidazole rings is 1. The molecule has 0 unspecified atom stereocenters. The van der Waals surface area contributed by atoms with Crippen LogP contribution in [0.3, 0.4) is 0 Å². The van der Waals surface area contributed by atoms with Gasteiger partial charge >= 0.3 is 0 Å². The molecule has 0 amide bonds. The van der Waals surface area contributed by atoms with E-state index in [1.807, 2.05) is 19.3 Å². The van der Waals surface area contributed by atoms with Gasteiger partial charge in [0.1, 0.15) is 11.6 Å². The van der Waals surface area contributed by atoms with E-state index in [4.69, 9.17) is 0 Å². The average molecular weight is 207 g/mol. The first-order chi connectivity index (χ1) is 7.25. The summed E-state index contributed by atoms with van der Waals surface area (Å²) in [6.45, 7) is 5.57. The number of nitrogens with zero attached hydrogens (tertiary/aromatic N) is 3. The fraction of sp³-hybridized carbons (Fsp3) is 0.636. The predicted molar refractivity (Wildman–Crippen MR) is 57.6 cm³/mol. The molecule has 0 N–H and O–H groups in total. The maximum Gasteiger partial charge on any atom is 0.146 e. The maximum absolute atomic E-state index is 11.2. The van der Waals surface area contributed by atoms with Gasteiger partial charge in [-0.05, 0) is 19.9 Å². The molecular weight excluding hydrogens is 190 g/mol. The first-order valence-electron chi connectivity index (χ1n) is 5.47. The lowest BCUT2D eigenvalue weighted by Crippen LogP contribution is -2.37. The van der Waals surface area contributed by atoms with Crippen LogP contribution in [-0.2, 0) is 11.3 Å². The summed E-state index contributed by atoms with van der Waals surface area (Å²) in [6.07, 6.45) is 5.58. The summed E-state index contributed by atoms with van der Waals surface area (Å²) in [5.74, 6) is 1.42. The molecule has 1 fully saturated rings. The van der Waals surface area contributed by atoms with Gasteiger partial charge in [-0.3, -0.25) is 9.69 Å². The van der Waals surface area contributed by atoms with Crippen molar-refractivity contribution in [1.82, 2.24) is 14.5 Å². The molecule has 1 aliphatic heterocycles. The van der Waals surface area contributed by atoms with Gasteiger partial charge in [-0.1, -0.05) is 0 Å². The Bertz CT molecular complexity index is 345. The molecule has 1 saturated heterocycles. The van der Waals surface area contributed by atoms with Crippen LogP contribution < -0.4 is 0 Å². The van der Waals surface area contributed by atoms with Crippen LogP contribution in [0.5, 0.6) is 0 Å². The molecule has 1 aliphatic rings. The number of likely N-dealkylation sites (tertiary alicyclic amines) is 1. The average Bonchev–Trinajstić information content (AvgIpc) is 2.61. The standard InChI is InChI=1S/C11H17N3O/c1-10-12-4-6-14(10)8-7-13-5-2-3-11(15)9-13/h4,6H,2-3,5,7-9H2,1H3. The highest BCUT2D eigenvalue weighted by Gasteiger charge is 2.16. The molecule has 0 spiro atoms. The predicted octanol–water partition coefficient (Wildman–Crippen LogP) is 0.856. The molecule has 2 heterocycles. The number of ketones is 1. The van der Waals surface area contributed by atoms with Gasteiger partial charge in [0.25, 0.3) is 0 Å². The van der Waals surface area contributed by atoms with Gasteiger partial charge < -0.3 is 4.57 Å². The van der Waals surface area contributed by atoms with E-state index in [9.17, 15) is 4.79 Å². The molecular formula is C11H17N3O. The number of rotatable bonds is 3. The number of aryl methyl sites for hydroxylation is 1. The van der Waals surface area contributed by atoms with Gasteiger partial charge in [-0.15, -0.1) is 0 Å². The molecule has 4 nitrogen and oxygen atoms in total. The lowest BCUT2D eigenvalue weighted by atomic mass is 10.1. The van der Waals surface area contributed by atoms with Crippen LogP contribution in [0.4, 0.5) is 0 Å². The van der Waals surface area contributed by atoms with Gasteiger partial charge in [-0.2, -0.15) is 0 Å². The molecule has 1 aromatic heterocycles. The molecule has 4 heteroatoms. The topological polar surface area (TPSA) is 38.1 Å². The Kier molecular flexibility index (Phi) is 3.16. The Hall–Kier alpha value is -1.16. The molecule has 2 rings (SSSR count). The van der Waals surface area contributed by atoms with E-state index in [1.165, 1.54) is 0 Å². The molecule has 0 radical (unpaired) electrons. The lowest BCUT2D eigenvalue weighted by molar-refractivity contribution is -0.122. The van der Waals surface area contributed by atoms with Crippen LogP contribution in [0, 0.1) is 6.92 Å². The SMILES string of the molecule is Cc1nccn1CCN1CCCC(=O)C1. The molecule has 0 bridgehead atoms. The van der Waals surface area contributed by atoms with Crippen molar-refractivity contribution in [2.24, 2.45) is 0 Å². The number of aromatic nitrogens is 2. The zero-order valence-electron chi connectivity index (χ0n) is 9.15. The Morgan fingerprint density at radius 3 is 3.00 bits per heavy atom. The van der Waals surface area contributed by atoms with E-state index in [-0.39, 0.29) is 0 Å². The van der Waals surface area contributed by atoms with E-state index in [1.54, 1.807) is 0 Å². The largest absolute Gasteiger partial charge is 0.334 e. The van der Waals surface area contributed by atoms with Crippen molar-refractivity contribution in [3.8, 4) is 0 Å². The highest BCUT2D eigenvalue weighted by molar-refractivity contribution is 5.81. The van der Waals surface area contributed by atoms with E-state index in [0.29, 0.717) is 12.3 Å². The normalized spacial score (nSPS) is 18.3. The van der Waals surface area contributed by atoms with E-state index in [0.717, 1.165) is 38.3 Å². The lowest BCUT2D eigenvalue weighted by Gasteiger charge is -2.25. The molecule has 82 valence electrons. The van der Waals surface area contributed by atoms with Gasteiger partial charge in [0.15, 0.2) is 0 Å². The van der Waals surface area contributed by atoms with E-state index in [2.05, 4.69) is 14.5 Å². The second-order valence-electron chi connectivity index (χ2n) is 4.09. The van der Waals surface area contributed by atoms with Gasteiger partial charge in [0.2, 0.25) is 0 Å². The summed E-state index contributed by atoms with van der Waals surface area (Å²) in [5.41, 5.74) is 0. The summed E-state index contributed by atoms with van der Waals surface area (Å²) in [7, 11) is 0. The number of piperidine rings is 1. The summed E-state index contributed by atoms with van der Waals surface area (Å²) >= 11 is 0. The Morgan fingerprint density at radius 2 is 2.33 bits per heavy atom. The number of hydrogen-bond donors (Lipinski definition) is 0. The molecule has 0 aromatic carbocycles. The fourth-order valence-corrected chi connectivity index (χ4v) is 1.99. The summed E-state index contributed by atoms with van der Waals surface area (Å²) in [5, 5.41) is 0. The van der Waals surface area contributed by atoms with Crippen LogP contribution in [0.2, 0.25) is 0 Å². The number of carbonyl (C=O) groups is 1. The number of hydrogen-bond acceptors (Lipinski definition) is 3. The first kappa shape index (κ1) is 10.4. The van der Waals surface area contributed by atoms with E-state index >= 15 is 0 Å². The fourth-order valence-electron chi connectivity index (χ4n) is 1.99. The highest BCUT2D eigenvalue weighted by Crippen LogP contribution is 2.06. The van der Waals surface area contributed by atoms with Crippen LogP contribution in [0.25, 0.3) is 0 Å². The van der Waals surface area contributed by atoms with Crippen molar-refractivity contribution in [2.45, 2.75) is 26.3 Å². The highest BCUT2D eigenvalue weighted by atomic mass is 16.1. The first-order valence-corrected chi connectivity index (χ1v) is 5.47.